The minimum Gasteiger partial charge on any atom is -0.351 e. The van der Waals surface area contributed by atoms with Crippen LogP contribution in [0.15, 0.2) is 47.6 Å². The van der Waals surface area contributed by atoms with Crippen LogP contribution in [0.1, 0.15) is 36.6 Å². The Kier molecular flexibility index (Phi) is 3.75. The SMILES string of the molecule is Cc1ccnc2c1N1C(=CC2C)N=C(N2CCNCC2C)c2cnccc21. The van der Waals surface area contributed by atoms with Gasteiger partial charge in [0.1, 0.15) is 11.7 Å². The second-order valence-electron chi connectivity index (χ2n) is 7.59. The van der Waals surface area contributed by atoms with E-state index in [2.05, 4.69) is 64.1 Å². The molecule has 0 amide bonds. The maximum atomic E-state index is 5.14. The number of amidine groups is 1. The van der Waals surface area contributed by atoms with Crippen molar-refractivity contribution in [3.63, 3.8) is 0 Å². The molecule has 0 bridgehead atoms. The first-order valence-corrected chi connectivity index (χ1v) is 9.63. The number of aromatic nitrogens is 2. The molecule has 5 rings (SSSR count). The van der Waals surface area contributed by atoms with Crippen molar-refractivity contribution in [3.05, 3.63) is 59.4 Å². The van der Waals surface area contributed by atoms with E-state index < -0.39 is 0 Å². The van der Waals surface area contributed by atoms with E-state index in [0.29, 0.717) is 6.04 Å². The van der Waals surface area contributed by atoms with Gasteiger partial charge in [0.25, 0.3) is 0 Å². The molecule has 2 unspecified atom stereocenters. The van der Waals surface area contributed by atoms with Crippen LogP contribution in [0, 0.1) is 6.92 Å². The summed E-state index contributed by atoms with van der Waals surface area (Å²) < 4.78 is 0. The number of anilines is 2. The number of rotatable bonds is 0. The van der Waals surface area contributed by atoms with E-state index in [9.17, 15) is 0 Å². The minimum absolute atomic E-state index is 0.236. The first-order chi connectivity index (χ1) is 13.1. The van der Waals surface area contributed by atoms with Gasteiger partial charge in [0.05, 0.1) is 22.6 Å². The zero-order valence-corrected chi connectivity index (χ0v) is 16.0. The van der Waals surface area contributed by atoms with Gasteiger partial charge < -0.3 is 10.2 Å². The number of pyridine rings is 2. The summed E-state index contributed by atoms with van der Waals surface area (Å²) in [5.74, 6) is 2.26. The van der Waals surface area contributed by atoms with Gasteiger partial charge in [-0.3, -0.25) is 14.9 Å². The molecule has 0 saturated carbocycles. The summed E-state index contributed by atoms with van der Waals surface area (Å²) >= 11 is 0. The smallest absolute Gasteiger partial charge is 0.142 e. The molecule has 0 aliphatic carbocycles. The summed E-state index contributed by atoms with van der Waals surface area (Å²) in [7, 11) is 0. The first-order valence-electron chi connectivity index (χ1n) is 9.63. The predicted molar refractivity (Wildman–Crippen MR) is 107 cm³/mol. The zero-order valence-electron chi connectivity index (χ0n) is 16.0. The monoisotopic (exact) mass is 360 g/mol. The lowest BCUT2D eigenvalue weighted by molar-refractivity contribution is 0.274. The quantitative estimate of drug-likeness (QED) is 0.783. The molecule has 5 heterocycles. The topological polar surface area (TPSA) is 56.7 Å². The Morgan fingerprint density at radius 1 is 1.19 bits per heavy atom. The fourth-order valence-corrected chi connectivity index (χ4v) is 4.32. The molecule has 3 aliphatic rings. The summed E-state index contributed by atoms with van der Waals surface area (Å²) in [4.78, 5) is 18.9. The Bertz CT molecular complexity index is 963. The number of hydrogen-bond acceptors (Lipinski definition) is 6. The Morgan fingerprint density at radius 3 is 2.93 bits per heavy atom. The molecule has 1 N–H and O–H groups in total. The van der Waals surface area contributed by atoms with Gasteiger partial charge in [0, 0.05) is 50.2 Å². The van der Waals surface area contributed by atoms with E-state index in [-0.39, 0.29) is 5.92 Å². The van der Waals surface area contributed by atoms with Crippen LogP contribution in [-0.2, 0) is 0 Å². The highest BCUT2D eigenvalue weighted by atomic mass is 15.3. The molecule has 1 fully saturated rings. The third kappa shape index (κ3) is 2.47. The van der Waals surface area contributed by atoms with Crippen molar-refractivity contribution in [2.75, 3.05) is 24.5 Å². The third-order valence-corrected chi connectivity index (χ3v) is 5.71. The zero-order chi connectivity index (χ0) is 18.5. The van der Waals surface area contributed by atoms with Crippen LogP contribution in [-0.4, -0.2) is 46.4 Å². The Morgan fingerprint density at radius 2 is 2.07 bits per heavy atom. The van der Waals surface area contributed by atoms with Crippen LogP contribution in [0.2, 0.25) is 0 Å². The number of piperazine rings is 1. The number of allylic oxidation sites excluding steroid dienone is 1. The number of fused-ring (bicyclic) bond motifs is 5. The van der Waals surface area contributed by atoms with Crippen LogP contribution < -0.4 is 10.2 Å². The van der Waals surface area contributed by atoms with Crippen molar-refractivity contribution in [1.82, 2.24) is 20.2 Å². The Balaban J connectivity index is 1.72. The average Bonchev–Trinajstić information content (AvgIpc) is 2.68. The fourth-order valence-electron chi connectivity index (χ4n) is 4.32. The molecule has 2 aromatic heterocycles. The highest BCUT2D eigenvalue weighted by molar-refractivity contribution is 6.07. The molecular formula is C21H24N6. The normalized spacial score (nSPS) is 23.8. The van der Waals surface area contributed by atoms with Crippen molar-refractivity contribution >= 4 is 17.2 Å². The molecule has 0 spiro atoms. The second kappa shape index (κ2) is 6.16. The van der Waals surface area contributed by atoms with E-state index in [4.69, 9.17) is 4.99 Å². The molecule has 2 aromatic rings. The maximum Gasteiger partial charge on any atom is 0.142 e. The van der Waals surface area contributed by atoms with E-state index in [1.807, 2.05) is 18.6 Å². The highest BCUT2D eigenvalue weighted by Gasteiger charge is 2.35. The molecule has 3 aliphatic heterocycles. The Hall–Kier alpha value is -2.73. The van der Waals surface area contributed by atoms with Gasteiger partial charge >= 0.3 is 0 Å². The lowest BCUT2D eigenvalue weighted by Gasteiger charge is -2.42. The number of nitrogens with zero attached hydrogens (tertiary/aromatic N) is 5. The number of aryl methyl sites for hydroxylation is 1. The molecule has 1 saturated heterocycles. The van der Waals surface area contributed by atoms with E-state index in [0.717, 1.165) is 53.9 Å². The largest absolute Gasteiger partial charge is 0.351 e. The van der Waals surface area contributed by atoms with Gasteiger partial charge in [-0.15, -0.1) is 0 Å². The van der Waals surface area contributed by atoms with Crippen molar-refractivity contribution in [2.45, 2.75) is 32.7 Å². The van der Waals surface area contributed by atoms with E-state index in [1.54, 1.807) is 0 Å². The van der Waals surface area contributed by atoms with Crippen molar-refractivity contribution in [2.24, 2.45) is 4.99 Å². The van der Waals surface area contributed by atoms with Crippen LogP contribution in [0.4, 0.5) is 11.4 Å². The molecule has 6 nitrogen and oxygen atoms in total. The van der Waals surface area contributed by atoms with Crippen molar-refractivity contribution in [1.29, 1.82) is 0 Å². The summed E-state index contributed by atoms with van der Waals surface area (Å²) in [5.41, 5.74) is 5.71. The van der Waals surface area contributed by atoms with Crippen LogP contribution in [0.3, 0.4) is 0 Å². The Labute approximate surface area is 159 Å². The summed E-state index contributed by atoms with van der Waals surface area (Å²) in [5, 5.41) is 3.47. The fraction of sp³-hybridized carbons (Fsp3) is 0.381. The summed E-state index contributed by atoms with van der Waals surface area (Å²) in [6.45, 7) is 9.49. The molecular weight excluding hydrogens is 336 g/mol. The average molecular weight is 360 g/mol. The lowest BCUT2D eigenvalue weighted by Crippen LogP contribution is -2.53. The third-order valence-electron chi connectivity index (χ3n) is 5.71. The van der Waals surface area contributed by atoms with Crippen molar-refractivity contribution in [3.8, 4) is 0 Å². The molecule has 138 valence electrons. The highest BCUT2D eigenvalue weighted by Crippen LogP contribution is 2.45. The molecule has 6 heteroatoms. The van der Waals surface area contributed by atoms with Crippen LogP contribution in [0.25, 0.3) is 0 Å². The first kappa shape index (κ1) is 16.4. The number of nitrogens with one attached hydrogen (secondary N) is 1. The number of hydrogen-bond donors (Lipinski definition) is 1. The van der Waals surface area contributed by atoms with Gasteiger partial charge in [0.2, 0.25) is 0 Å². The van der Waals surface area contributed by atoms with Gasteiger partial charge in [-0.25, -0.2) is 4.99 Å². The minimum atomic E-state index is 0.236. The second-order valence-corrected chi connectivity index (χ2v) is 7.59. The van der Waals surface area contributed by atoms with Crippen LogP contribution >= 0.6 is 0 Å². The molecule has 27 heavy (non-hydrogen) atoms. The van der Waals surface area contributed by atoms with E-state index in [1.165, 1.54) is 5.56 Å². The molecule has 0 aromatic carbocycles. The van der Waals surface area contributed by atoms with Gasteiger partial charge in [-0.1, -0.05) is 6.92 Å². The lowest BCUT2D eigenvalue weighted by atomic mass is 9.95. The standard InChI is InChI=1S/C21H24N6/c1-13-4-7-24-19-14(2)10-18-25-21(26-9-8-23-11-15(26)3)16-12-22-6-5-17(16)27(18)20(13)19/h4-7,10,12,14-15,23H,8-9,11H2,1-3H3. The van der Waals surface area contributed by atoms with Gasteiger partial charge in [-0.05, 0) is 37.6 Å². The van der Waals surface area contributed by atoms with Crippen LogP contribution in [0.5, 0.6) is 0 Å². The number of aliphatic imine (C=N–C) groups is 1. The predicted octanol–water partition coefficient (Wildman–Crippen LogP) is 2.94. The molecule has 2 atom stereocenters. The van der Waals surface area contributed by atoms with Crippen molar-refractivity contribution < 1.29 is 0 Å². The molecule has 0 radical (unpaired) electrons. The van der Waals surface area contributed by atoms with E-state index >= 15 is 0 Å². The van der Waals surface area contributed by atoms with Gasteiger partial charge in [0.15, 0.2) is 0 Å². The van der Waals surface area contributed by atoms with Gasteiger partial charge in [-0.2, -0.15) is 0 Å². The maximum absolute atomic E-state index is 5.14. The summed E-state index contributed by atoms with van der Waals surface area (Å²) in [6.07, 6.45) is 7.94. The summed E-state index contributed by atoms with van der Waals surface area (Å²) in [6, 6.07) is 4.57.